The quantitative estimate of drug-likeness (QED) is 0.361. The van der Waals surface area contributed by atoms with E-state index in [0.717, 1.165) is 12.1 Å². The minimum absolute atomic E-state index is 0.0118. The van der Waals surface area contributed by atoms with Crippen LogP contribution in [0.15, 0.2) is 24.3 Å². The molecule has 0 heterocycles. The monoisotopic (exact) mass is 293 g/mol. The Hall–Kier alpha value is -1.08. The Bertz CT molecular complexity index is 465. The van der Waals surface area contributed by atoms with Crippen LogP contribution >= 0.6 is 20.5 Å². The van der Waals surface area contributed by atoms with Gasteiger partial charge in [0.2, 0.25) is 0 Å². The largest absolute Gasteiger partial charge is 0.527 e. The van der Waals surface area contributed by atoms with Crippen LogP contribution in [0, 0.1) is 10.1 Å². The Balaban J connectivity index is 2.72. The van der Waals surface area contributed by atoms with Crippen molar-refractivity contribution in [2.24, 2.45) is 0 Å². The van der Waals surface area contributed by atoms with Gasteiger partial charge in [0, 0.05) is 17.9 Å². The molecular formula is C9H12NO6PS. The fourth-order valence-electron chi connectivity index (χ4n) is 1.04. The second-order valence-corrected chi connectivity index (χ2v) is 5.11. The highest BCUT2D eigenvalue weighted by Gasteiger charge is 2.25. The second-order valence-electron chi connectivity index (χ2n) is 3.41. The maximum Gasteiger partial charge on any atom is 0.527 e. The topological polar surface area (TPSA) is 98.9 Å². The number of non-ortho nitro benzene ring substituents is 1. The van der Waals surface area contributed by atoms with Gasteiger partial charge in [0.05, 0.1) is 11.0 Å². The van der Waals surface area contributed by atoms with E-state index in [1.54, 1.807) is 6.92 Å². The highest BCUT2D eigenvalue weighted by atomic mass is 32.1. The van der Waals surface area contributed by atoms with Crippen LogP contribution in [-0.4, -0.2) is 21.7 Å². The zero-order valence-corrected chi connectivity index (χ0v) is 11.2. The summed E-state index contributed by atoms with van der Waals surface area (Å²) in [6.45, 7) is 1.56. The molecule has 2 unspecified atom stereocenters. The minimum Gasteiger partial charge on any atom is -0.404 e. The summed E-state index contributed by atoms with van der Waals surface area (Å²) in [5.74, 6) is 0.270. The summed E-state index contributed by atoms with van der Waals surface area (Å²) in [6, 6.07) is 4.76. The first-order valence-electron chi connectivity index (χ1n) is 4.90. The number of benzene rings is 1. The van der Waals surface area contributed by atoms with E-state index in [9.17, 15) is 19.6 Å². The van der Waals surface area contributed by atoms with Crippen molar-refractivity contribution in [2.75, 3.05) is 5.75 Å². The molecule has 1 aromatic carbocycles. The van der Waals surface area contributed by atoms with Crippen molar-refractivity contribution in [1.29, 1.82) is 0 Å². The van der Waals surface area contributed by atoms with Gasteiger partial charge in [0.25, 0.3) is 5.69 Å². The molecule has 0 spiro atoms. The molecule has 0 saturated carbocycles. The maximum absolute atomic E-state index is 11.5. The molecule has 0 aliphatic heterocycles. The van der Waals surface area contributed by atoms with Crippen molar-refractivity contribution in [1.82, 2.24) is 0 Å². The molecule has 0 saturated heterocycles. The number of phosphoric ester groups is 1. The molecule has 100 valence electrons. The molecule has 0 fully saturated rings. The summed E-state index contributed by atoms with van der Waals surface area (Å²) in [7, 11) is -4.24. The summed E-state index contributed by atoms with van der Waals surface area (Å²) < 4.78 is 21.0. The van der Waals surface area contributed by atoms with Gasteiger partial charge in [-0.2, -0.15) is 12.6 Å². The van der Waals surface area contributed by atoms with Crippen molar-refractivity contribution in [2.45, 2.75) is 13.0 Å². The van der Waals surface area contributed by atoms with Gasteiger partial charge in [-0.15, -0.1) is 0 Å². The fraction of sp³-hybridized carbons (Fsp3) is 0.333. The van der Waals surface area contributed by atoms with Crippen molar-refractivity contribution in [3.05, 3.63) is 34.4 Å². The van der Waals surface area contributed by atoms with E-state index in [-0.39, 0.29) is 17.2 Å². The van der Waals surface area contributed by atoms with Gasteiger partial charge in [0.15, 0.2) is 0 Å². The highest BCUT2D eigenvalue weighted by molar-refractivity contribution is 7.80. The summed E-state index contributed by atoms with van der Waals surface area (Å²) >= 11 is 3.90. The Kier molecular flexibility index (Phi) is 5.15. The van der Waals surface area contributed by atoms with E-state index >= 15 is 0 Å². The Morgan fingerprint density at radius 3 is 2.50 bits per heavy atom. The summed E-state index contributed by atoms with van der Waals surface area (Å²) in [4.78, 5) is 19.2. The molecule has 0 bridgehead atoms. The van der Waals surface area contributed by atoms with Crippen LogP contribution in [0.2, 0.25) is 0 Å². The Labute approximate surface area is 109 Å². The third-order valence-electron chi connectivity index (χ3n) is 1.84. The average Bonchev–Trinajstić information content (AvgIpc) is 2.28. The predicted molar refractivity (Wildman–Crippen MR) is 67.9 cm³/mol. The molecule has 1 N–H and O–H groups in total. The van der Waals surface area contributed by atoms with Gasteiger partial charge >= 0.3 is 7.82 Å². The fourth-order valence-corrected chi connectivity index (χ4v) is 2.20. The standard InChI is InChI=1S/C9H12NO6PS/c1-7(6-18)15-17(13,14)16-9-4-2-8(3-5-9)10(11)12/h2-5,7,18H,6H2,1H3,(H,13,14). The van der Waals surface area contributed by atoms with Crippen LogP contribution < -0.4 is 4.52 Å². The highest BCUT2D eigenvalue weighted by Crippen LogP contribution is 2.45. The Morgan fingerprint density at radius 1 is 1.50 bits per heavy atom. The van der Waals surface area contributed by atoms with Crippen LogP contribution in [0.25, 0.3) is 0 Å². The van der Waals surface area contributed by atoms with Gasteiger partial charge in [-0.1, -0.05) is 0 Å². The zero-order valence-electron chi connectivity index (χ0n) is 9.42. The normalized spacial score (nSPS) is 15.7. The molecule has 0 aliphatic carbocycles. The van der Waals surface area contributed by atoms with Gasteiger partial charge in [-0.25, -0.2) is 4.57 Å². The molecule has 18 heavy (non-hydrogen) atoms. The van der Waals surface area contributed by atoms with E-state index in [4.69, 9.17) is 9.05 Å². The first kappa shape index (κ1) is 15.0. The van der Waals surface area contributed by atoms with E-state index < -0.39 is 18.8 Å². The van der Waals surface area contributed by atoms with Crippen molar-refractivity contribution < 1.29 is 23.4 Å². The lowest BCUT2D eigenvalue weighted by atomic mass is 10.3. The van der Waals surface area contributed by atoms with Crippen LogP contribution in [0.3, 0.4) is 0 Å². The molecular weight excluding hydrogens is 281 g/mol. The molecule has 0 amide bonds. The molecule has 1 rings (SSSR count). The molecule has 0 aliphatic rings. The van der Waals surface area contributed by atoms with Gasteiger partial charge in [-0.05, 0) is 19.1 Å². The van der Waals surface area contributed by atoms with Gasteiger partial charge < -0.3 is 4.52 Å². The number of phosphoric acid groups is 1. The van der Waals surface area contributed by atoms with Crippen LogP contribution in [0.1, 0.15) is 6.92 Å². The molecule has 9 heteroatoms. The summed E-state index contributed by atoms with van der Waals surface area (Å²) in [5, 5.41) is 10.4. The zero-order chi connectivity index (χ0) is 13.8. The predicted octanol–water partition coefficient (Wildman–Crippen LogP) is 2.41. The smallest absolute Gasteiger partial charge is 0.404 e. The average molecular weight is 293 g/mol. The van der Waals surface area contributed by atoms with Crippen molar-refractivity contribution >= 4 is 26.1 Å². The molecule has 0 radical (unpaired) electrons. The van der Waals surface area contributed by atoms with E-state index in [1.165, 1.54) is 12.1 Å². The molecule has 1 aromatic rings. The SMILES string of the molecule is CC(CS)OP(=O)(O)Oc1ccc([N+](=O)[O-])cc1. The number of thiol groups is 1. The van der Waals surface area contributed by atoms with Crippen LogP contribution in [0.5, 0.6) is 5.75 Å². The van der Waals surface area contributed by atoms with E-state index in [0.29, 0.717) is 0 Å². The molecule has 0 aromatic heterocycles. The number of nitro groups is 1. The van der Waals surface area contributed by atoms with Crippen LogP contribution in [-0.2, 0) is 9.09 Å². The maximum atomic E-state index is 11.5. The number of hydrogen-bond donors (Lipinski definition) is 2. The summed E-state index contributed by atoms with van der Waals surface area (Å²) in [6.07, 6.45) is -0.554. The molecule has 7 nitrogen and oxygen atoms in total. The minimum atomic E-state index is -4.24. The lowest BCUT2D eigenvalue weighted by Gasteiger charge is -2.16. The number of nitro benzene ring substituents is 1. The van der Waals surface area contributed by atoms with Crippen molar-refractivity contribution in [3.8, 4) is 5.75 Å². The molecule has 2 atom stereocenters. The first-order chi connectivity index (χ1) is 8.34. The van der Waals surface area contributed by atoms with Gasteiger partial charge in [-0.3, -0.25) is 19.5 Å². The third kappa shape index (κ3) is 4.66. The van der Waals surface area contributed by atoms with Crippen molar-refractivity contribution in [3.63, 3.8) is 0 Å². The van der Waals surface area contributed by atoms with Crippen LogP contribution in [0.4, 0.5) is 5.69 Å². The lowest BCUT2D eigenvalue weighted by Crippen LogP contribution is -2.10. The first-order valence-corrected chi connectivity index (χ1v) is 7.03. The third-order valence-corrected chi connectivity index (χ3v) is 3.42. The Morgan fingerprint density at radius 2 is 2.06 bits per heavy atom. The summed E-state index contributed by atoms with van der Waals surface area (Å²) in [5.41, 5.74) is -0.139. The number of hydrogen-bond acceptors (Lipinski definition) is 6. The second kappa shape index (κ2) is 6.19. The lowest BCUT2D eigenvalue weighted by molar-refractivity contribution is -0.384. The van der Waals surface area contributed by atoms with Gasteiger partial charge in [0.1, 0.15) is 5.75 Å². The number of rotatable bonds is 6. The van der Waals surface area contributed by atoms with E-state index in [2.05, 4.69) is 12.6 Å². The number of nitrogens with zero attached hydrogens (tertiary/aromatic N) is 1. The van der Waals surface area contributed by atoms with E-state index in [1.807, 2.05) is 0 Å².